The zero-order valence-corrected chi connectivity index (χ0v) is 14.7. The van der Waals surface area contributed by atoms with Crippen LogP contribution in [0, 0.1) is 11.8 Å². The second-order valence-corrected chi connectivity index (χ2v) is 6.55. The lowest BCUT2D eigenvalue weighted by atomic mass is 9.90. The third kappa shape index (κ3) is 7.26. The fourth-order valence-corrected chi connectivity index (χ4v) is 3.06. The lowest BCUT2D eigenvalue weighted by molar-refractivity contribution is -0.121. The largest absolute Gasteiger partial charge is 0.392 e. The van der Waals surface area contributed by atoms with Gasteiger partial charge in [-0.2, -0.15) is 0 Å². The van der Waals surface area contributed by atoms with Gasteiger partial charge in [0, 0.05) is 24.7 Å². The van der Waals surface area contributed by atoms with E-state index in [4.69, 9.17) is 0 Å². The number of unbranched alkanes of at least 4 members (excludes halogenated alkanes) is 4. The van der Waals surface area contributed by atoms with E-state index < -0.39 is 6.10 Å². The van der Waals surface area contributed by atoms with Crippen molar-refractivity contribution in [3.63, 3.8) is 0 Å². The van der Waals surface area contributed by atoms with Gasteiger partial charge >= 0.3 is 0 Å². The van der Waals surface area contributed by atoms with Crippen molar-refractivity contribution in [2.75, 3.05) is 0 Å². The van der Waals surface area contributed by atoms with Gasteiger partial charge in [-0.15, -0.1) is 0 Å². The number of hydrogen-bond donors (Lipinski definition) is 1. The van der Waals surface area contributed by atoms with E-state index in [1.54, 1.807) is 12.2 Å². The second-order valence-electron chi connectivity index (χ2n) is 6.55. The highest BCUT2D eigenvalue weighted by Crippen LogP contribution is 2.33. The molecule has 1 aliphatic rings. The van der Waals surface area contributed by atoms with Crippen LogP contribution in [0.4, 0.5) is 0 Å². The number of hydrogen-bond acceptors (Lipinski definition) is 3. The maximum absolute atomic E-state index is 12.1. The van der Waals surface area contributed by atoms with Crippen molar-refractivity contribution in [3.05, 3.63) is 24.3 Å². The molecule has 0 bridgehead atoms. The van der Waals surface area contributed by atoms with Crippen LogP contribution in [-0.4, -0.2) is 22.8 Å². The molecule has 130 valence electrons. The van der Waals surface area contributed by atoms with Gasteiger partial charge in [0.2, 0.25) is 0 Å². The molecule has 1 rings (SSSR count). The topological polar surface area (TPSA) is 54.4 Å². The third-order valence-electron chi connectivity index (χ3n) is 4.54. The Morgan fingerprint density at radius 1 is 1.17 bits per heavy atom. The molecule has 23 heavy (non-hydrogen) atoms. The predicted molar refractivity (Wildman–Crippen MR) is 94.2 cm³/mol. The Bertz CT molecular complexity index is 423. The second kappa shape index (κ2) is 11.3. The molecule has 1 unspecified atom stereocenters. The standard InChI is InChI=1S/C20H32O3/c1-3-5-7-8-10-12-17-18(20(23)15-19(17)22)14-13-16(21)11-9-6-4-2/h8,10,13-14,17-18,20,23H,3-7,9,11-12,15H2,1-2H3/b10-8+,14-13+/t17-,18-,20?/m1/s1. The Morgan fingerprint density at radius 2 is 1.91 bits per heavy atom. The molecule has 3 nitrogen and oxygen atoms in total. The molecule has 0 amide bonds. The lowest BCUT2D eigenvalue weighted by Crippen LogP contribution is -2.18. The number of carbonyl (C=O) groups is 2. The van der Waals surface area contributed by atoms with Crippen molar-refractivity contribution in [2.45, 2.75) is 77.7 Å². The third-order valence-corrected chi connectivity index (χ3v) is 4.54. The molecule has 1 saturated carbocycles. The molecular formula is C20H32O3. The highest BCUT2D eigenvalue weighted by molar-refractivity contribution is 5.90. The van der Waals surface area contributed by atoms with Crippen LogP contribution in [0.15, 0.2) is 24.3 Å². The van der Waals surface area contributed by atoms with Gasteiger partial charge in [-0.3, -0.25) is 9.59 Å². The lowest BCUT2D eigenvalue weighted by Gasteiger charge is -2.15. The maximum atomic E-state index is 12.1. The summed E-state index contributed by atoms with van der Waals surface area (Å²) < 4.78 is 0. The van der Waals surface area contributed by atoms with Crippen LogP contribution in [-0.2, 0) is 9.59 Å². The van der Waals surface area contributed by atoms with Crippen molar-refractivity contribution in [2.24, 2.45) is 11.8 Å². The fourth-order valence-electron chi connectivity index (χ4n) is 3.06. The van der Waals surface area contributed by atoms with Crippen LogP contribution in [0.1, 0.15) is 71.6 Å². The Balaban J connectivity index is 2.53. The summed E-state index contributed by atoms with van der Waals surface area (Å²) in [5, 5.41) is 10.1. The molecule has 0 aromatic carbocycles. The molecule has 0 aliphatic heterocycles. The van der Waals surface area contributed by atoms with E-state index in [0.29, 0.717) is 12.8 Å². The van der Waals surface area contributed by atoms with Gasteiger partial charge in [0.05, 0.1) is 6.10 Å². The molecule has 0 heterocycles. The molecule has 1 aliphatic carbocycles. The normalized spacial score (nSPS) is 25.0. The van der Waals surface area contributed by atoms with Crippen molar-refractivity contribution in [3.8, 4) is 0 Å². The minimum Gasteiger partial charge on any atom is -0.392 e. The summed E-state index contributed by atoms with van der Waals surface area (Å²) in [5.41, 5.74) is 0. The smallest absolute Gasteiger partial charge is 0.155 e. The van der Waals surface area contributed by atoms with Crippen LogP contribution < -0.4 is 0 Å². The van der Waals surface area contributed by atoms with E-state index >= 15 is 0 Å². The van der Waals surface area contributed by atoms with Gasteiger partial charge in [-0.05, 0) is 25.3 Å². The zero-order chi connectivity index (χ0) is 17.1. The maximum Gasteiger partial charge on any atom is 0.155 e. The number of allylic oxidation sites excluding steroid dienone is 3. The average molecular weight is 320 g/mol. The van der Waals surface area contributed by atoms with Gasteiger partial charge in [0.15, 0.2) is 5.78 Å². The van der Waals surface area contributed by atoms with Crippen LogP contribution in [0.25, 0.3) is 0 Å². The van der Waals surface area contributed by atoms with Crippen LogP contribution in [0.2, 0.25) is 0 Å². The van der Waals surface area contributed by atoms with E-state index in [2.05, 4.69) is 26.0 Å². The highest BCUT2D eigenvalue weighted by atomic mass is 16.3. The summed E-state index contributed by atoms with van der Waals surface area (Å²) in [7, 11) is 0. The first-order chi connectivity index (χ1) is 11.1. The summed E-state index contributed by atoms with van der Waals surface area (Å²) in [5.74, 6) is -0.177. The number of aliphatic hydroxyl groups excluding tert-OH is 1. The monoisotopic (exact) mass is 320 g/mol. The van der Waals surface area contributed by atoms with E-state index in [0.717, 1.165) is 38.5 Å². The van der Waals surface area contributed by atoms with E-state index in [1.165, 1.54) is 0 Å². The summed E-state index contributed by atoms with van der Waals surface area (Å²) in [6.07, 6.45) is 14.8. The molecule has 0 radical (unpaired) electrons. The van der Waals surface area contributed by atoms with Crippen LogP contribution in [0.3, 0.4) is 0 Å². The molecule has 3 heteroatoms. The Morgan fingerprint density at radius 3 is 2.61 bits per heavy atom. The van der Waals surface area contributed by atoms with Gasteiger partial charge in [-0.1, -0.05) is 57.8 Å². The Kier molecular flexibility index (Phi) is 9.77. The quantitative estimate of drug-likeness (QED) is 0.349. The Hall–Kier alpha value is -1.22. The summed E-state index contributed by atoms with van der Waals surface area (Å²) in [4.78, 5) is 23.9. The molecule has 0 aromatic heterocycles. The SMILES string of the molecule is CCCC/C=C/C[C@H]1C(=O)CC(O)[C@@H]1/C=C/C(=O)CCCCC. The number of Topliss-reactive ketones (excluding diaryl/α,β-unsaturated/α-hetero) is 1. The molecule has 0 spiro atoms. The van der Waals surface area contributed by atoms with Gasteiger partial charge in [0.25, 0.3) is 0 Å². The summed E-state index contributed by atoms with van der Waals surface area (Å²) >= 11 is 0. The number of ketones is 2. The van der Waals surface area contributed by atoms with Crippen molar-refractivity contribution in [1.82, 2.24) is 0 Å². The summed E-state index contributed by atoms with van der Waals surface area (Å²) in [6.45, 7) is 4.27. The van der Waals surface area contributed by atoms with Gasteiger partial charge < -0.3 is 5.11 Å². The predicted octanol–water partition coefficient (Wildman–Crippen LogP) is 4.39. The van der Waals surface area contributed by atoms with Crippen LogP contribution in [0.5, 0.6) is 0 Å². The molecule has 0 saturated heterocycles. The minimum absolute atomic E-state index is 0.0993. The zero-order valence-electron chi connectivity index (χ0n) is 14.7. The Labute approximate surface area is 140 Å². The molecule has 1 N–H and O–H groups in total. The van der Waals surface area contributed by atoms with Gasteiger partial charge in [-0.25, -0.2) is 0 Å². The van der Waals surface area contributed by atoms with E-state index in [9.17, 15) is 14.7 Å². The highest BCUT2D eigenvalue weighted by Gasteiger charge is 2.39. The van der Waals surface area contributed by atoms with Crippen molar-refractivity contribution < 1.29 is 14.7 Å². The van der Waals surface area contributed by atoms with E-state index in [-0.39, 0.29) is 29.8 Å². The number of carbonyl (C=O) groups excluding carboxylic acids is 2. The fraction of sp³-hybridized carbons (Fsp3) is 0.700. The van der Waals surface area contributed by atoms with Crippen molar-refractivity contribution in [1.29, 1.82) is 0 Å². The van der Waals surface area contributed by atoms with E-state index in [1.807, 2.05) is 0 Å². The number of aliphatic hydroxyl groups is 1. The average Bonchev–Trinajstić information content (AvgIpc) is 2.79. The van der Waals surface area contributed by atoms with Crippen LogP contribution >= 0.6 is 0 Å². The first-order valence-corrected chi connectivity index (χ1v) is 9.16. The number of rotatable bonds is 11. The first-order valence-electron chi connectivity index (χ1n) is 9.16. The molecule has 3 atom stereocenters. The van der Waals surface area contributed by atoms with Crippen molar-refractivity contribution >= 4 is 11.6 Å². The first kappa shape index (κ1) is 19.8. The summed E-state index contributed by atoms with van der Waals surface area (Å²) in [6, 6.07) is 0. The molecule has 0 aromatic rings. The minimum atomic E-state index is -0.642. The molecule has 1 fully saturated rings. The van der Waals surface area contributed by atoms with Gasteiger partial charge in [0.1, 0.15) is 5.78 Å². The molecular weight excluding hydrogens is 288 g/mol.